The largest absolute Gasteiger partial charge is 0.497 e. The molecule has 0 bridgehead atoms. The summed E-state index contributed by atoms with van der Waals surface area (Å²) in [7, 11) is 1.64. The Hall–Kier alpha value is -2.49. The van der Waals surface area contributed by atoms with E-state index in [-0.39, 0.29) is 18.1 Å². The Morgan fingerprint density at radius 1 is 1.08 bits per heavy atom. The lowest BCUT2D eigenvalue weighted by molar-refractivity contribution is 0.0929. The maximum Gasteiger partial charge on any atom is 0.255 e. The van der Waals surface area contributed by atoms with Gasteiger partial charge in [0.1, 0.15) is 11.5 Å². The first-order valence-corrected chi connectivity index (χ1v) is 8.25. The first-order chi connectivity index (χ1) is 11.5. The lowest BCUT2D eigenvalue weighted by Gasteiger charge is -2.19. The number of rotatable bonds is 7. The molecule has 4 heteroatoms. The first-order valence-electron chi connectivity index (χ1n) is 8.25. The van der Waals surface area contributed by atoms with E-state index in [2.05, 4.69) is 5.32 Å². The van der Waals surface area contributed by atoms with Gasteiger partial charge >= 0.3 is 0 Å². The van der Waals surface area contributed by atoms with Crippen LogP contribution in [0.2, 0.25) is 0 Å². The second-order valence-corrected chi connectivity index (χ2v) is 5.87. The van der Waals surface area contributed by atoms with Crippen molar-refractivity contribution in [1.29, 1.82) is 0 Å². The van der Waals surface area contributed by atoms with E-state index >= 15 is 0 Å². The summed E-state index contributed by atoms with van der Waals surface area (Å²) in [6, 6.07) is 15.0. The molecule has 1 atom stereocenters. The van der Waals surface area contributed by atoms with Crippen molar-refractivity contribution in [1.82, 2.24) is 5.32 Å². The van der Waals surface area contributed by atoms with Crippen LogP contribution in [-0.2, 0) is 0 Å². The third kappa shape index (κ3) is 4.51. The molecule has 0 aliphatic rings. The van der Waals surface area contributed by atoms with Crippen molar-refractivity contribution in [3.63, 3.8) is 0 Å². The quantitative estimate of drug-likeness (QED) is 0.822. The summed E-state index contributed by atoms with van der Waals surface area (Å²) < 4.78 is 10.9. The summed E-state index contributed by atoms with van der Waals surface area (Å²) in [5.41, 5.74) is 1.60. The molecule has 0 aromatic heterocycles. The van der Waals surface area contributed by atoms with Crippen molar-refractivity contribution >= 4 is 5.91 Å². The number of para-hydroxylation sites is 1. The number of amides is 1. The topological polar surface area (TPSA) is 47.6 Å². The molecule has 0 saturated heterocycles. The fourth-order valence-corrected chi connectivity index (χ4v) is 2.50. The maximum atomic E-state index is 12.7. The highest BCUT2D eigenvalue weighted by Crippen LogP contribution is 2.23. The third-order valence-corrected chi connectivity index (χ3v) is 3.73. The molecule has 0 unspecified atom stereocenters. The van der Waals surface area contributed by atoms with Crippen LogP contribution in [0, 0.1) is 0 Å². The molecule has 0 aliphatic carbocycles. The minimum Gasteiger partial charge on any atom is -0.497 e. The lowest BCUT2D eigenvalue weighted by Crippen LogP contribution is -2.28. The highest BCUT2D eigenvalue weighted by Gasteiger charge is 2.17. The van der Waals surface area contributed by atoms with Crippen LogP contribution in [0.5, 0.6) is 11.5 Å². The van der Waals surface area contributed by atoms with E-state index in [4.69, 9.17) is 9.47 Å². The zero-order chi connectivity index (χ0) is 17.5. The Labute approximate surface area is 143 Å². The Morgan fingerprint density at radius 3 is 2.33 bits per heavy atom. The lowest BCUT2D eigenvalue weighted by atomic mass is 10.0. The molecule has 0 fully saturated rings. The Balaban J connectivity index is 2.17. The summed E-state index contributed by atoms with van der Waals surface area (Å²) in [5, 5.41) is 3.09. The van der Waals surface area contributed by atoms with Gasteiger partial charge in [0.25, 0.3) is 5.91 Å². The van der Waals surface area contributed by atoms with Crippen molar-refractivity contribution in [2.45, 2.75) is 39.3 Å². The average Bonchev–Trinajstić information content (AvgIpc) is 2.59. The molecule has 4 nitrogen and oxygen atoms in total. The van der Waals surface area contributed by atoms with Crippen molar-refractivity contribution < 1.29 is 14.3 Å². The van der Waals surface area contributed by atoms with E-state index in [1.807, 2.05) is 63.2 Å². The van der Waals surface area contributed by atoms with E-state index in [0.29, 0.717) is 11.3 Å². The molecular formula is C20H25NO3. The van der Waals surface area contributed by atoms with Gasteiger partial charge in [-0.25, -0.2) is 0 Å². The van der Waals surface area contributed by atoms with Gasteiger partial charge in [0.05, 0.1) is 24.8 Å². The molecule has 0 saturated carbocycles. The number of methoxy groups -OCH3 is 1. The van der Waals surface area contributed by atoms with Crippen molar-refractivity contribution in [2.24, 2.45) is 0 Å². The maximum absolute atomic E-state index is 12.7. The van der Waals surface area contributed by atoms with Gasteiger partial charge in [0.15, 0.2) is 0 Å². The zero-order valence-electron chi connectivity index (χ0n) is 14.7. The molecule has 2 aromatic rings. The number of nitrogens with one attached hydrogen (secondary N) is 1. The van der Waals surface area contributed by atoms with E-state index in [1.54, 1.807) is 13.2 Å². The molecule has 1 amide bonds. The van der Waals surface area contributed by atoms with E-state index in [9.17, 15) is 4.79 Å². The first kappa shape index (κ1) is 17.9. The number of benzene rings is 2. The summed E-state index contributed by atoms with van der Waals surface area (Å²) in [5.74, 6) is 1.28. The second kappa shape index (κ2) is 8.39. The molecular weight excluding hydrogens is 302 g/mol. The number of ether oxygens (including phenoxy) is 2. The van der Waals surface area contributed by atoms with E-state index < -0.39 is 0 Å². The monoisotopic (exact) mass is 327 g/mol. The van der Waals surface area contributed by atoms with E-state index in [1.165, 1.54) is 0 Å². The van der Waals surface area contributed by atoms with Crippen molar-refractivity contribution in [3.05, 3.63) is 59.7 Å². The number of carbonyl (C=O) groups is 1. The van der Waals surface area contributed by atoms with Gasteiger partial charge in [-0.05, 0) is 50.1 Å². The van der Waals surface area contributed by atoms with Crippen LogP contribution in [0.3, 0.4) is 0 Å². The minimum atomic E-state index is -0.131. The van der Waals surface area contributed by atoms with Gasteiger partial charge in [0.2, 0.25) is 0 Å². The molecule has 128 valence electrons. The molecule has 0 heterocycles. The summed E-state index contributed by atoms with van der Waals surface area (Å²) in [6.45, 7) is 5.94. The highest BCUT2D eigenvalue weighted by molar-refractivity contribution is 5.97. The Kier molecular flexibility index (Phi) is 6.24. The van der Waals surface area contributed by atoms with Crippen LogP contribution in [0.15, 0.2) is 48.5 Å². The van der Waals surface area contributed by atoms with Gasteiger partial charge in [-0.15, -0.1) is 0 Å². The molecule has 1 N–H and O–H groups in total. The van der Waals surface area contributed by atoms with Gasteiger partial charge in [-0.1, -0.05) is 31.2 Å². The number of carbonyl (C=O) groups excluding carboxylic acids is 1. The normalized spacial score (nSPS) is 11.9. The van der Waals surface area contributed by atoms with Gasteiger partial charge in [-0.3, -0.25) is 4.79 Å². The number of hydrogen-bond acceptors (Lipinski definition) is 3. The summed E-state index contributed by atoms with van der Waals surface area (Å²) in [4.78, 5) is 12.7. The van der Waals surface area contributed by atoms with Gasteiger partial charge in [0, 0.05) is 0 Å². The Bertz CT molecular complexity index is 665. The highest BCUT2D eigenvalue weighted by atomic mass is 16.5. The zero-order valence-corrected chi connectivity index (χ0v) is 14.7. The predicted octanol–water partition coefficient (Wildman–Crippen LogP) is 4.36. The summed E-state index contributed by atoms with van der Waals surface area (Å²) >= 11 is 0. The number of hydrogen-bond donors (Lipinski definition) is 1. The van der Waals surface area contributed by atoms with Crippen LogP contribution in [0.25, 0.3) is 0 Å². The van der Waals surface area contributed by atoms with Crippen LogP contribution in [0.1, 0.15) is 49.2 Å². The van der Waals surface area contributed by atoms with Crippen LogP contribution < -0.4 is 14.8 Å². The SMILES string of the molecule is CC[C@H](NC(=O)c1ccccc1OC(C)C)c1ccc(OC)cc1. The molecule has 0 radical (unpaired) electrons. The minimum absolute atomic E-state index is 0.0162. The fourth-order valence-electron chi connectivity index (χ4n) is 2.50. The second-order valence-electron chi connectivity index (χ2n) is 5.87. The third-order valence-electron chi connectivity index (χ3n) is 3.73. The molecule has 24 heavy (non-hydrogen) atoms. The molecule has 2 aromatic carbocycles. The molecule has 0 spiro atoms. The van der Waals surface area contributed by atoms with Crippen molar-refractivity contribution in [2.75, 3.05) is 7.11 Å². The fraction of sp³-hybridized carbons (Fsp3) is 0.350. The van der Waals surface area contributed by atoms with Gasteiger partial charge < -0.3 is 14.8 Å². The average molecular weight is 327 g/mol. The van der Waals surface area contributed by atoms with Crippen LogP contribution >= 0.6 is 0 Å². The predicted molar refractivity (Wildman–Crippen MR) is 95.7 cm³/mol. The standard InChI is InChI=1S/C20H25NO3/c1-5-18(15-10-12-16(23-4)13-11-15)21-20(22)17-8-6-7-9-19(17)24-14(2)3/h6-14,18H,5H2,1-4H3,(H,21,22)/t18-/m0/s1. The van der Waals surface area contributed by atoms with Crippen LogP contribution in [-0.4, -0.2) is 19.1 Å². The van der Waals surface area contributed by atoms with Crippen molar-refractivity contribution in [3.8, 4) is 11.5 Å². The summed E-state index contributed by atoms with van der Waals surface area (Å²) in [6.07, 6.45) is 0.813. The molecule has 0 aliphatic heterocycles. The van der Waals surface area contributed by atoms with Crippen LogP contribution in [0.4, 0.5) is 0 Å². The van der Waals surface area contributed by atoms with E-state index in [0.717, 1.165) is 17.7 Å². The Morgan fingerprint density at radius 2 is 1.75 bits per heavy atom. The van der Waals surface area contributed by atoms with Gasteiger partial charge in [-0.2, -0.15) is 0 Å². The smallest absolute Gasteiger partial charge is 0.255 e. The molecule has 2 rings (SSSR count).